The lowest BCUT2D eigenvalue weighted by molar-refractivity contribution is -0.140. The number of alkyl halides is 2. The smallest absolute Gasteiger partial charge is 0.351 e. The summed E-state index contributed by atoms with van der Waals surface area (Å²) < 4.78 is 39.2. The highest BCUT2D eigenvalue weighted by molar-refractivity contribution is 5.23. The Bertz CT molecular complexity index is 600. The van der Waals surface area contributed by atoms with Crippen molar-refractivity contribution in [2.45, 2.75) is 24.4 Å². The molecule has 1 aliphatic heterocycles. The van der Waals surface area contributed by atoms with Crippen LogP contribution in [0.4, 0.5) is 14.6 Å². The molecule has 1 fully saturated rings. The first kappa shape index (κ1) is 18.7. The van der Waals surface area contributed by atoms with Crippen LogP contribution in [-0.4, -0.2) is 70.8 Å². The minimum Gasteiger partial charge on any atom is -0.394 e. The molecule has 1 aromatic heterocycles. The molecule has 0 bridgehead atoms. The molecule has 0 radical (unpaired) electrons. The van der Waals surface area contributed by atoms with E-state index in [9.17, 15) is 18.7 Å². The molecule has 24 heavy (non-hydrogen) atoms. The summed E-state index contributed by atoms with van der Waals surface area (Å²) in [5.74, 6) is -3.76. The third kappa shape index (κ3) is 4.05. The lowest BCUT2D eigenvalue weighted by Gasteiger charge is -2.20. The third-order valence-corrected chi connectivity index (χ3v) is 3.49. The normalized spacial score (nSPS) is 25.9. The summed E-state index contributed by atoms with van der Waals surface area (Å²) in [4.78, 5) is 15.1. The van der Waals surface area contributed by atoms with E-state index in [2.05, 4.69) is 10.3 Å². The number of rotatable bonds is 8. The number of nitrogens with one attached hydrogen (secondary N) is 1. The molecule has 0 aliphatic carbocycles. The lowest BCUT2D eigenvalue weighted by atomic mass is 10.1. The fourth-order valence-electron chi connectivity index (χ4n) is 2.29. The van der Waals surface area contributed by atoms with Crippen molar-refractivity contribution in [3.8, 4) is 0 Å². The molecule has 2 rings (SSSR count). The Kier molecular flexibility index (Phi) is 6.18. The van der Waals surface area contributed by atoms with E-state index in [1.54, 1.807) is 0 Å². The van der Waals surface area contributed by atoms with E-state index in [0.717, 1.165) is 6.20 Å². The highest BCUT2D eigenvalue weighted by Gasteiger charge is 2.59. The Morgan fingerprint density at radius 2 is 2.25 bits per heavy atom. The molecular formula is C13H20F2N4O5. The van der Waals surface area contributed by atoms with Gasteiger partial charge in [-0.2, -0.15) is 13.8 Å². The van der Waals surface area contributed by atoms with Crippen LogP contribution >= 0.6 is 0 Å². The Morgan fingerprint density at radius 1 is 1.50 bits per heavy atom. The first-order valence-electron chi connectivity index (χ1n) is 7.33. The van der Waals surface area contributed by atoms with Crippen molar-refractivity contribution in [1.82, 2.24) is 14.9 Å². The Morgan fingerprint density at radius 3 is 2.92 bits per heavy atom. The van der Waals surface area contributed by atoms with Crippen LogP contribution in [0.5, 0.6) is 0 Å². The average Bonchev–Trinajstić information content (AvgIpc) is 2.74. The third-order valence-electron chi connectivity index (χ3n) is 3.49. The number of halogens is 2. The molecule has 11 heteroatoms. The summed E-state index contributed by atoms with van der Waals surface area (Å²) in [6.07, 6.45) is -4.22. The van der Waals surface area contributed by atoms with Crippen LogP contribution in [0.2, 0.25) is 0 Å². The van der Waals surface area contributed by atoms with Gasteiger partial charge in [-0.05, 0) is 6.07 Å². The summed E-state index contributed by atoms with van der Waals surface area (Å²) in [6.45, 7) is 0.601. The van der Waals surface area contributed by atoms with Crippen molar-refractivity contribution in [3.05, 3.63) is 22.7 Å². The largest absolute Gasteiger partial charge is 0.394 e. The number of ether oxygens (including phenoxy) is 2. The van der Waals surface area contributed by atoms with E-state index in [0.29, 0.717) is 11.1 Å². The maximum atomic E-state index is 14.2. The van der Waals surface area contributed by atoms with Crippen LogP contribution in [0.1, 0.15) is 6.23 Å². The van der Waals surface area contributed by atoms with Crippen molar-refractivity contribution in [2.75, 3.05) is 38.6 Å². The molecule has 1 aromatic rings. The van der Waals surface area contributed by atoms with E-state index in [-0.39, 0.29) is 32.2 Å². The van der Waals surface area contributed by atoms with Gasteiger partial charge in [-0.15, -0.1) is 0 Å². The van der Waals surface area contributed by atoms with Gasteiger partial charge in [0.2, 0.25) is 6.23 Å². The molecule has 1 saturated heterocycles. The molecule has 9 nitrogen and oxygen atoms in total. The summed E-state index contributed by atoms with van der Waals surface area (Å²) in [6, 6.07) is 1.19. The second-order valence-corrected chi connectivity index (χ2v) is 5.23. The van der Waals surface area contributed by atoms with Crippen molar-refractivity contribution in [3.63, 3.8) is 0 Å². The summed E-state index contributed by atoms with van der Waals surface area (Å²) in [5, 5.41) is 21.1. The second kappa shape index (κ2) is 7.94. The maximum Gasteiger partial charge on any atom is 0.351 e. The van der Waals surface area contributed by atoms with E-state index in [1.807, 2.05) is 0 Å². The zero-order valence-electron chi connectivity index (χ0n) is 12.8. The van der Waals surface area contributed by atoms with Crippen LogP contribution in [0.3, 0.4) is 0 Å². The molecule has 1 aliphatic rings. The predicted octanol–water partition coefficient (Wildman–Crippen LogP) is -1.68. The van der Waals surface area contributed by atoms with Gasteiger partial charge in [0.05, 0.1) is 19.8 Å². The number of aliphatic hydroxyl groups excluding tert-OH is 2. The van der Waals surface area contributed by atoms with E-state index in [1.165, 1.54) is 6.07 Å². The first-order valence-corrected chi connectivity index (χ1v) is 7.33. The molecule has 0 amide bonds. The molecule has 0 spiro atoms. The van der Waals surface area contributed by atoms with Crippen LogP contribution in [-0.2, 0) is 9.47 Å². The number of anilines is 1. The van der Waals surface area contributed by atoms with Crippen molar-refractivity contribution in [1.29, 1.82) is 0 Å². The molecule has 0 aromatic carbocycles. The lowest BCUT2D eigenvalue weighted by Crippen LogP contribution is -2.43. The number of nitrogens with two attached hydrogens (primary N) is 1. The van der Waals surface area contributed by atoms with Crippen molar-refractivity contribution >= 4 is 5.82 Å². The Balaban J connectivity index is 1.98. The van der Waals surface area contributed by atoms with Crippen molar-refractivity contribution < 1.29 is 28.5 Å². The van der Waals surface area contributed by atoms with Gasteiger partial charge in [-0.25, -0.2) is 4.79 Å². The van der Waals surface area contributed by atoms with Crippen LogP contribution in [0.15, 0.2) is 17.1 Å². The molecule has 3 atom stereocenters. The predicted molar refractivity (Wildman–Crippen MR) is 78.5 cm³/mol. The summed E-state index contributed by atoms with van der Waals surface area (Å²) in [5.41, 5.74) is 4.34. The minimum absolute atomic E-state index is 0.0626. The average molecular weight is 350 g/mol. The minimum atomic E-state index is -3.67. The van der Waals surface area contributed by atoms with Gasteiger partial charge in [0.15, 0.2) is 0 Å². The van der Waals surface area contributed by atoms with Gasteiger partial charge >= 0.3 is 11.6 Å². The molecule has 2 heterocycles. The highest BCUT2D eigenvalue weighted by Crippen LogP contribution is 2.41. The number of aliphatic hydroxyl groups is 2. The van der Waals surface area contributed by atoms with Gasteiger partial charge in [0.25, 0.3) is 0 Å². The molecule has 0 saturated carbocycles. The van der Waals surface area contributed by atoms with Crippen molar-refractivity contribution in [2.24, 2.45) is 0 Å². The maximum absolute atomic E-state index is 14.2. The zero-order valence-corrected chi connectivity index (χ0v) is 12.8. The number of hydrogen-bond acceptors (Lipinski definition) is 8. The SMILES string of the molecule is Nc1ccn([C@@H]2O[C@H](CNCCOCCO)[C@@H](O)C2(F)F)c(=O)n1. The van der Waals surface area contributed by atoms with E-state index in [4.69, 9.17) is 20.3 Å². The second-order valence-electron chi connectivity index (χ2n) is 5.23. The number of hydrogen-bond donors (Lipinski definition) is 4. The quantitative estimate of drug-likeness (QED) is 0.409. The Hall–Kier alpha value is -1.66. The standard InChI is InChI=1S/C13H20F2N4O5/c14-13(15)10(21)8(7-17-2-5-23-6-4-20)24-11(13)19-3-1-9(16)18-12(19)22/h1,3,8,10-11,17,20-21H,2,4-7H2,(H2,16,18,22)/t8-,10-,11-/m1/s1. The highest BCUT2D eigenvalue weighted by atomic mass is 19.3. The van der Waals surface area contributed by atoms with E-state index < -0.39 is 30.0 Å². The van der Waals surface area contributed by atoms with Gasteiger partial charge in [0, 0.05) is 19.3 Å². The van der Waals surface area contributed by atoms with Gasteiger partial charge < -0.3 is 30.7 Å². The van der Waals surface area contributed by atoms with Gasteiger partial charge in [-0.3, -0.25) is 4.57 Å². The van der Waals surface area contributed by atoms with Crippen LogP contribution in [0.25, 0.3) is 0 Å². The molecule has 5 N–H and O–H groups in total. The van der Waals surface area contributed by atoms with E-state index >= 15 is 0 Å². The molecule has 136 valence electrons. The van der Waals surface area contributed by atoms with Gasteiger partial charge in [0.1, 0.15) is 18.0 Å². The molecule has 0 unspecified atom stereocenters. The van der Waals surface area contributed by atoms with Crippen LogP contribution < -0.4 is 16.7 Å². The Labute approximate surface area is 136 Å². The summed E-state index contributed by atoms with van der Waals surface area (Å²) >= 11 is 0. The zero-order chi connectivity index (χ0) is 17.7. The van der Waals surface area contributed by atoms with Gasteiger partial charge in [-0.1, -0.05) is 0 Å². The fraction of sp³-hybridized carbons (Fsp3) is 0.692. The number of nitrogens with zero attached hydrogens (tertiary/aromatic N) is 2. The number of aromatic nitrogens is 2. The van der Waals surface area contributed by atoms with Crippen LogP contribution in [0, 0.1) is 0 Å². The monoisotopic (exact) mass is 350 g/mol. The summed E-state index contributed by atoms with van der Waals surface area (Å²) in [7, 11) is 0. The number of nitrogen functional groups attached to an aromatic ring is 1. The first-order chi connectivity index (χ1) is 11.4. The molecular weight excluding hydrogens is 330 g/mol. The fourth-order valence-corrected chi connectivity index (χ4v) is 2.29. The topological polar surface area (TPSA) is 132 Å².